The van der Waals surface area contributed by atoms with E-state index < -0.39 is 15.1 Å². The molecule has 0 amide bonds. The fourth-order valence-electron chi connectivity index (χ4n) is 3.04. The maximum absolute atomic E-state index is 13.3. The van der Waals surface area contributed by atoms with Crippen LogP contribution in [0.4, 0.5) is 0 Å². The Kier molecular flexibility index (Phi) is 11.7. The average Bonchev–Trinajstić information content (AvgIpc) is 2.76. The molecule has 0 saturated carbocycles. The van der Waals surface area contributed by atoms with Gasteiger partial charge in [-0.1, -0.05) is 53.6 Å². The van der Waals surface area contributed by atoms with Gasteiger partial charge in [-0.15, -0.1) is 0 Å². The quantitative estimate of drug-likeness (QED) is 0.215. The van der Waals surface area contributed by atoms with Crippen molar-refractivity contribution < 1.29 is 18.0 Å². The summed E-state index contributed by atoms with van der Waals surface area (Å²) in [6.07, 6.45) is 12.5. The van der Waals surface area contributed by atoms with Crippen molar-refractivity contribution in [3.63, 3.8) is 0 Å². The van der Waals surface area contributed by atoms with Crippen LogP contribution in [0.5, 0.6) is 0 Å². The Bertz CT molecular complexity index is 948. The Morgan fingerprint density at radius 2 is 1.32 bits per heavy atom. The molecule has 31 heavy (non-hydrogen) atoms. The van der Waals surface area contributed by atoms with E-state index in [1.807, 2.05) is 38.2 Å². The van der Waals surface area contributed by atoms with Crippen molar-refractivity contribution in [3.8, 4) is 0 Å². The Morgan fingerprint density at radius 1 is 0.806 bits per heavy atom. The maximum Gasteiger partial charge on any atom is 0.185 e. The fourth-order valence-corrected chi connectivity index (χ4v) is 4.69. The highest BCUT2D eigenvalue weighted by Gasteiger charge is 2.24. The summed E-state index contributed by atoms with van der Waals surface area (Å²) in [6, 6.07) is 8.53. The van der Waals surface area contributed by atoms with Gasteiger partial charge in [0.1, 0.15) is 12.6 Å². The molecule has 168 valence electrons. The second-order valence-corrected chi connectivity index (χ2v) is 10.1. The molecule has 1 rings (SSSR count). The first-order chi connectivity index (χ1) is 14.7. The molecule has 0 aromatic heterocycles. The normalized spacial score (nSPS) is 15.0. The van der Waals surface area contributed by atoms with Crippen LogP contribution in [0.1, 0.15) is 59.8 Å². The number of benzene rings is 1. The molecule has 1 atom stereocenters. The maximum atomic E-state index is 13.3. The van der Waals surface area contributed by atoms with Crippen LogP contribution in [0, 0.1) is 0 Å². The zero-order valence-electron chi connectivity index (χ0n) is 19.0. The van der Waals surface area contributed by atoms with Crippen LogP contribution >= 0.6 is 0 Å². The molecule has 0 fully saturated rings. The first kappa shape index (κ1) is 26.5. The Hall–Kier alpha value is -2.53. The summed E-state index contributed by atoms with van der Waals surface area (Å²) < 4.78 is 26.5. The highest BCUT2D eigenvalue weighted by molar-refractivity contribution is 7.92. The third-order valence-electron chi connectivity index (χ3n) is 5.02. The molecule has 1 aromatic carbocycles. The highest BCUT2D eigenvalue weighted by Crippen LogP contribution is 2.23. The fraction of sp³-hybridized carbons (Fsp3) is 0.385. The number of hydrogen-bond donors (Lipinski definition) is 0. The van der Waals surface area contributed by atoms with E-state index in [9.17, 15) is 18.0 Å². The van der Waals surface area contributed by atoms with E-state index in [4.69, 9.17) is 0 Å². The minimum Gasteiger partial charge on any atom is -0.298 e. The average molecular weight is 443 g/mol. The first-order valence-electron chi connectivity index (χ1n) is 10.6. The Morgan fingerprint density at radius 3 is 1.84 bits per heavy atom. The number of carbonyl (C=O) groups excluding carboxylic acids is 2. The predicted octanol–water partition coefficient (Wildman–Crippen LogP) is 5.96. The lowest BCUT2D eigenvalue weighted by atomic mass is 10.1. The third kappa shape index (κ3) is 9.88. The summed E-state index contributed by atoms with van der Waals surface area (Å²) >= 11 is 0. The zero-order chi connectivity index (χ0) is 23.3. The lowest BCUT2D eigenvalue weighted by molar-refractivity contribution is -0.105. The van der Waals surface area contributed by atoms with Crippen molar-refractivity contribution in [1.29, 1.82) is 0 Å². The van der Waals surface area contributed by atoms with Crippen LogP contribution in [0.2, 0.25) is 0 Å². The molecule has 0 heterocycles. The molecule has 0 aliphatic rings. The SMILES string of the molecule is C/C(C=O)=C\CC/C(C)=C/CC(/C=C(\C)CC/C=C(\C)C=O)S(=O)(=O)c1ccccc1. The number of carbonyl (C=O) groups is 2. The molecule has 0 N–H and O–H groups in total. The number of sulfone groups is 1. The number of rotatable bonds is 13. The van der Waals surface area contributed by atoms with Gasteiger partial charge in [0.2, 0.25) is 0 Å². The van der Waals surface area contributed by atoms with E-state index in [-0.39, 0.29) is 0 Å². The topological polar surface area (TPSA) is 68.3 Å². The summed E-state index contributed by atoms with van der Waals surface area (Å²) in [5.74, 6) is 0. The van der Waals surface area contributed by atoms with Crippen LogP contribution in [0.25, 0.3) is 0 Å². The van der Waals surface area contributed by atoms with Gasteiger partial charge in [0, 0.05) is 0 Å². The van der Waals surface area contributed by atoms with E-state index in [0.29, 0.717) is 35.3 Å². The molecule has 1 aromatic rings. The first-order valence-corrected chi connectivity index (χ1v) is 12.1. The van der Waals surface area contributed by atoms with Gasteiger partial charge in [0.05, 0.1) is 10.1 Å². The lowest BCUT2D eigenvalue weighted by Gasteiger charge is -2.15. The van der Waals surface area contributed by atoms with Crippen LogP contribution in [0.15, 0.2) is 81.8 Å². The van der Waals surface area contributed by atoms with Crippen molar-refractivity contribution in [1.82, 2.24) is 0 Å². The molecule has 0 spiro atoms. The molecule has 0 bridgehead atoms. The van der Waals surface area contributed by atoms with Crippen LogP contribution in [0.3, 0.4) is 0 Å². The van der Waals surface area contributed by atoms with E-state index in [2.05, 4.69) is 0 Å². The molecular weight excluding hydrogens is 408 g/mol. The lowest BCUT2D eigenvalue weighted by Crippen LogP contribution is -2.19. The molecule has 1 unspecified atom stereocenters. The van der Waals surface area contributed by atoms with Gasteiger partial charge >= 0.3 is 0 Å². The van der Waals surface area contributed by atoms with Gasteiger partial charge in [-0.2, -0.15) is 0 Å². The van der Waals surface area contributed by atoms with E-state index in [0.717, 1.165) is 36.6 Å². The predicted molar refractivity (Wildman–Crippen MR) is 128 cm³/mol. The largest absolute Gasteiger partial charge is 0.298 e. The number of hydrogen-bond acceptors (Lipinski definition) is 4. The molecule has 4 nitrogen and oxygen atoms in total. The molecule has 0 aliphatic carbocycles. The molecule has 0 radical (unpaired) electrons. The summed E-state index contributed by atoms with van der Waals surface area (Å²) in [5, 5.41) is -0.659. The van der Waals surface area contributed by atoms with E-state index in [1.165, 1.54) is 0 Å². The van der Waals surface area contributed by atoms with Crippen molar-refractivity contribution in [2.24, 2.45) is 0 Å². The summed E-state index contributed by atoms with van der Waals surface area (Å²) in [7, 11) is -3.53. The van der Waals surface area contributed by atoms with E-state index >= 15 is 0 Å². The van der Waals surface area contributed by atoms with Crippen molar-refractivity contribution in [2.45, 2.75) is 69.9 Å². The molecule has 0 aliphatic heterocycles. The highest BCUT2D eigenvalue weighted by atomic mass is 32.2. The van der Waals surface area contributed by atoms with Crippen molar-refractivity contribution in [3.05, 3.63) is 76.9 Å². The summed E-state index contributed by atoms with van der Waals surface area (Å²) in [4.78, 5) is 21.7. The van der Waals surface area contributed by atoms with Gasteiger partial charge in [0.15, 0.2) is 9.84 Å². The van der Waals surface area contributed by atoms with Gasteiger partial charge in [-0.05, 0) is 83.1 Å². The number of allylic oxidation sites excluding steroid dienone is 7. The minimum absolute atomic E-state index is 0.316. The van der Waals surface area contributed by atoms with Crippen LogP contribution < -0.4 is 0 Å². The second kappa shape index (κ2) is 13.7. The second-order valence-electron chi connectivity index (χ2n) is 7.91. The zero-order valence-corrected chi connectivity index (χ0v) is 19.8. The van der Waals surface area contributed by atoms with Gasteiger partial charge in [-0.25, -0.2) is 8.42 Å². The third-order valence-corrected chi connectivity index (χ3v) is 7.08. The molecule has 0 saturated heterocycles. The van der Waals surface area contributed by atoms with Crippen LogP contribution in [-0.4, -0.2) is 26.2 Å². The van der Waals surface area contributed by atoms with Crippen molar-refractivity contribution in [2.75, 3.05) is 0 Å². The summed E-state index contributed by atoms with van der Waals surface area (Å²) in [6.45, 7) is 7.45. The van der Waals surface area contributed by atoms with E-state index in [1.54, 1.807) is 44.2 Å². The minimum atomic E-state index is -3.53. The Balaban J connectivity index is 3.05. The van der Waals surface area contributed by atoms with Gasteiger partial charge < -0.3 is 0 Å². The molecule has 5 heteroatoms. The van der Waals surface area contributed by atoms with Crippen LogP contribution in [-0.2, 0) is 19.4 Å². The number of aldehydes is 2. The molecular formula is C26H34O4S. The monoisotopic (exact) mass is 442 g/mol. The standard InChI is InChI=1S/C26H34O4S/c1-21(10-8-12-23(3)19-27)16-17-26(18-22(2)11-9-13-24(4)20-28)31(29,30)25-14-6-5-7-15-25/h5-7,12-16,18-20,26H,8-11,17H2,1-4H3/b21-16+,22-18+,23-12+,24-13+. The smallest absolute Gasteiger partial charge is 0.185 e. The van der Waals surface area contributed by atoms with Gasteiger partial charge in [-0.3, -0.25) is 9.59 Å². The van der Waals surface area contributed by atoms with Crippen molar-refractivity contribution >= 4 is 22.4 Å². The van der Waals surface area contributed by atoms with Gasteiger partial charge in [0.25, 0.3) is 0 Å². The Labute approximate surface area is 187 Å². The summed E-state index contributed by atoms with van der Waals surface area (Å²) in [5.41, 5.74) is 3.46.